The van der Waals surface area contributed by atoms with Gasteiger partial charge in [-0.2, -0.15) is 0 Å². The van der Waals surface area contributed by atoms with E-state index in [4.69, 9.17) is 0 Å². The average molecular weight is 420 g/mol. The van der Waals surface area contributed by atoms with Crippen LogP contribution in [0.15, 0.2) is 47.4 Å². The van der Waals surface area contributed by atoms with Gasteiger partial charge in [-0.1, -0.05) is 30.3 Å². The van der Waals surface area contributed by atoms with E-state index in [0.717, 1.165) is 31.5 Å². The average Bonchev–Trinajstić information content (AvgIpc) is 2.71. The molecular weight excluding hydrogens is 390 g/mol. The first-order chi connectivity index (χ1) is 13.6. The summed E-state index contributed by atoms with van der Waals surface area (Å²) in [5.74, 6) is 0.0755. The fourth-order valence-corrected chi connectivity index (χ4v) is 3.76. The van der Waals surface area contributed by atoms with Crippen LogP contribution in [0, 0.1) is 12.8 Å². The minimum Gasteiger partial charge on any atom is -0.395 e. The number of aliphatic hydroxyl groups excluding tert-OH is 1. The van der Waals surface area contributed by atoms with E-state index in [1.54, 1.807) is 22.6 Å². The van der Waals surface area contributed by atoms with E-state index in [1.807, 2.05) is 36.4 Å². The number of halogens is 1. The van der Waals surface area contributed by atoms with Crippen LogP contribution < -0.4 is 10.9 Å². The van der Waals surface area contributed by atoms with Crippen molar-refractivity contribution in [2.75, 3.05) is 26.2 Å². The lowest BCUT2D eigenvalue weighted by Gasteiger charge is -2.25. The summed E-state index contributed by atoms with van der Waals surface area (Å²) in [6.45, 7) is 4.74. The number of aromatic nitrogens is 1. The SMILES string of the molecule is Cc1ccn(CC2CCCNC2)c(=O)c1C(=O)N(CCO)Cc1ccccc1.Cl. The normalized spacial score (nSPS) is 16.1. The van der Waals surface area contributed by atoms with E-state index in [9.17, 15) is 14.7 Å². The zero-order chi connectivity index (χ0) is 19.9. The molecule has 0 spiro atoms. The monoisotopic (exact) mass is 419 g/mol. The van der Waals surface area contributed by atoms with Crippen molar-refractivity contribution in [3.63, 3.8) is 0 Å². The third-order valence-corrected chi connectivity index (χ3v) is 5.31. The lowest BCUT2D eigenvalue weighted by atomic mass is 9.99. The lowest BCUT2D eigenvalue weighted by molar-refractivity contribution is 0.0704. The van der Waals surface area contributed by atoms with E-state index in [2.05, 4.69) is 5.32 Å². The minimum absolute atomic E-state index is 0. The molecule has 1 saturated heterocycles. The molecule has 1 atom stereocenters. The van der Waals surface area contributed by atoms with Crippen LogP contribution in [0.1, 0.15) is 34.3 Å². The maximum absolute atomic E-state index is 13.2. The number of hydrogen-bond donors (Lipinski definition) is 2. The van der Waals surface area contributed by atoms with E-state index >= 15 is 0 Å². The summed E-state index contributed by atoms with van der Waals surface area (Å²) in [7, 11) is 0. The van der Waals surface area contributed by atoms with Gasteiger partial charge in [0.2, 0.25) is 0 Å². The number of carbonyl (C=O) groups is 1. The second-order valence-corrected chi connectivity index (χ2v) is 7.48. The highest BCUT2D eigenvalue weighted by atomic mass is 35.5. The zero-order valence-electron chi connectivity index (χ0n) is 16.8. The number of rotatable bonds is 7. The van der Waals surface area contributed by atoms with Gasteiger partial charge in [0, 0.05) is 25.8 Å². The molecule has 29 heavy (non-hydrogen) atoms. The molecule has 3 rings (SSSR count). The van der Waals surface area contributed by atoms with Crippen molar-refractivity contribution in [3.8, 4) is 0 Å². The van der Waals surface area contributed by atoms with Gasteiger partial charge in [-0.15, -0.1) is 12.4 Å². The van der Waals surface area contributed by atoms with Gasteiger partial charge >= 0.3 is 0 Å². The van der Waals surface area contributed by atoms with Crippen LogP contribution >= 0.6 is 12.4 Å². The Hall–Kier alpha value is -2.15. The van der Waals surface area contributed by atoms with Crippen LogP contribution in [0.4, 0.5) is 0 Å². The van der Waals surface area contributed by atoms with E-state index < -0.39 is 0 Å². The molecule has 0 aliphatic carbocycles. The van der Waals surface area contributed by atoms with Gasteiger partial charge < -0.3 is 19.9 Å². The topological polar surface area (TPSA) is 74.6 Å². The third-order valence-electron chi connectivity index (χ3n) is 5.31. The summed E-state index contributed by atoms with van der Waals surface area (Å²) in [4.78, 5) is 27.9. The molecule has 0 saturated carbocycles. The van der Waals surface area contributed by atoms with Gasteiger partial charge in [0.15, 0.2) is 0 Å². The molecule has 2 aromatic rings. The smallest absolute Gasteiger partial charge is 0.263 e. The number of piperidine rings is 1. The van der Waals surface area contributed by atoms with Crippen LogP contribution in [0.2, 0.25) is 0 Å². The van der Waals surface area contributed by atoms with Gasteiger partial charge in [-0.25, -0.2) is 0 Å². The fraction of sp³-hybridized carbons (Fsp3) is 0.455. The largest absolute Gasteiger partial charge is 0.395 e. The minimum atomic E-state index is -0.323. The first-order valence-electron chi connectivity index (χ1n) is 9.95. The molecular formula is C22H30ClN3O3. The number of hydrogen-bond acceptors (Lipinski definition) is 4. The number of nitrogens with one attached hydrogen (secondary N) is 1. The predicted molar refractivity (Wildman–Crippen MR) is 117 cm³/mol. The van der Waals surface area contributed by atoms with E-state index in [-0.39, 0.29) is 42.6 Å². The third kappa shape index (κ3) is 5.92. The van der Waals surface area contributed by atoms with Gasteiger partial charge in [0.1, 0.15) is 5.56 Å². The van der Waals surface area contributed by atoms with Crippen LogP contribution in [0.25, 0.3) is 0 Å². The van der Waals surface area contributed by atoms with Crippen molar-refractivity contribution in [3.05, 3.63) is 69.6 Å². The number of nitrogens with zero attached hydrogens (tertiary/aromatic N) is 2. The number of amides is 1. The Bertz CT molecular complexity index is 848. The first kappa shape index (κ1) is 23.1. The summed E-state index contributed by atoms with van der Waals surface area (Å²) in [5, 5.41) is 12.8. The Kier molecular flexibility index (Phi) is 8.89. The Balaban J connectivity index is 0.00000300. The Morgan fingerprint density at radius 3 is 2.69 bits per heavy atom. The molecule has 2 heterocycles. The number of aryl methyl sites for hydroxylation is 1. The Morgan fingerprint density at radius 1 is 1.28 bits per heavy atom. The highest BCUT2D eigenvalue weighted by Gasteiger charge is 2.23. The second-order valence-electron chi connectivity index (χ2n) is 7.48. The van der Waals surface area contributed by atoms with E-state index in [0.29, 0.717) is 24.6 Å². The number of pyridine rings is 1. The first-order valence-corrected chi connectivity index (χ1v) is 9.95. The molecule has 0 radical (unpaired) electrons. The number of aliphatic hydroxyl groups is 1. The number of carbonyl (C=O) groups excluding carboxylic acids is 1. The summed E-state index contributed by atoms with van der Waals surface area (Å²) in [6.07, 6.45) is 3.98. The molecule has 0 bridgehead atoms. The summed E-state index contributed by atoms with van der Waals surface area (Å²) in [5.41, 5.74) is 1.60. The maximum Gasteiger partial charge on any atom is 0.263 e. The molecule has 158 valence electrons. The number of benzene rings is 1. The zero-order valence-corrected chi connectivity index (χ0v) is 17.7. The van der Waals surface area contributed by atoms with Crippen molar-refractivity contribution < 1.29 is 9.90 Å². The molecule has 2 N–H and O–H groups in total. The van der Waals surface area contributed by atoms with Crippen molar-refractivity contribution in [2.24, 2.45) is 5.92 Å². The molecule has 1 unspecified atom stereocenters. The summed E-state index contributed by atoms with van der Waals surface area (Å²) >= 11 is 0. The van der Waals surface area contributed by atoms with Crippen LogP contribution in [0.5, 0.6) is 0 Å². The Morgan fingerprint density at radius 2 is 2.03 bits per heavy atom. The molecule has 1 aliphatic heterocycles. The van der Waals surface area contributed by atoms with Gasteiger partial charge in [0.25, 0.3) is 11.5 Å². The second kappa shape index (κ2) is 11.1. The van der Waals surface area contributed by atoms with Crippen LogP contribution in [0.3, 0.4) is 0 Å². The summed E-state index contributed by atoms with van der Waals surface area (Å²) < 4.78 is 1.66. The molecule has 1 aliphatic rings. The molecule has 6 nitrogen and oxygen atoms in total. The van der Waals surface area contributed by atoms with Crippen molar-refractivity contribution in [2.45, 2.75) is 32.9 Å². The predicted octanol–water partition coefficient (Wildman–Crippen LogP) is 2.21. The van der Waals surface area contributed by atoms with Crippen molar-refractivity contribution >= 4 is 18.3 Å². The summed E-state index contributed by atoms with van der Waals surface area (Å²) in [6, 6.07) is 11.5. The van der Waals surface area contributed by atoms with Gasteiger partial charge in [-0.3, -0.25) is 9.59 Å². The lowest BCUT2D eigenvalue weighted by Crippen LogP contribution is -2.40. The van der Waals surface area contributed by atoms with Crippen LogP contribution in [-0.2, 0) is 13.1 Å². The molecule has 1 aromatic carbocycles. The highest BCUT2D eigenvalue weighted by Crippen LogP contribution is 2.14. The van der Waals surface area contributed by atoms with E-state index in [1.165, 1.54) is 0 Å². The molecule has 1 amide bonds. The molecule has 7 heteroatoms. The van der Waals surface area contributed by atoms with Crippen molar-refractivity contribution in [1.29, 1.82) is 0 Å². The Labute approximate surface area is 178 Å². The van der Waals surface area contributed by atoms with Gasteiger partial charge in [-0.05, 0) is 56.0 Å². The van der Waals surface area contributed by atoms with Crippen LogP contribution in [-0.4, -0.2) is 46.7 Å². The standard InChI is InChI=1S/C22H29N3O3.ClH/c1-17-9-11-24(16-19-8-5-10-23-14-19)21(27)20(17)22(28)25(12-13-26)15-18-6-3-2-4-7-18;/h2-4,6-7,9,11,19,23,26H,5,8,10,12-16H2,1H3;1H. The fourth-order valence-electron chi connectivity index (χ4n) is 3.76. The quantitative estimate of drug-likeness (QED) is 0.721. The van der Waals surface area contributed by atoms with Crippen molar-refractivity contribution in [1.82, 2.24) is 14.8 Å². The molecule has 1 aromatic heterocycles. The molecule has 1 fully saturated rings. The maximum atomic E-state index is 13.2. The van der Waals surface area contributed by atoms with Gasteiger partial charge in [0.05, 0.1) is 6.61 Å². The highest BCUT2D eigenvalue weighted by molar-refractivity contribution is 5.95.